The predicted octanol–water partition coefficient (Wildman–Crippen LogP) is 4.89. The molecule has 0 spiro atoms. The highest BCUT2D eigenvalue weighted by Crippen LogP contribution is 2.22. The van der Waals surface area contributed by atoms with E-state index in [0.717, 1.165) is 56.9 Å². The van der Waals surface area contributed by atoms with Gasteiger partial charge in [0.05, 0.1) is 6.04 Å². The molecule has 4 unspecified atom stereocenters. The van der Waals surface area contributed by atoms with Gasteiger partial charge >= 0.3 is 5.97 Å². The van der Waals surface area contributed by atoms with Gasteiger partial charge in [0.25, 0.3) is 0 Å². The zero-order valence-corrected chi connectivity index (χ0v) is 28.0. The zero-order valence-electron chi connectivity index (χ0n) is 28.0. The molecule has 10 heteroatoms. The summed E-state index contributed by atoms with van der Waals surface area (Å²) in [5.74, 6) is -1.59. The molecule has 0 aromatic heterocycles. The normalized spacial score (nSPS) is 13.7. The predicted molar refractivity (Wildman–Crippen MR) is 177 cm³/mol. The third-order valence-corrected chi connectivity index (χ3v) is 8.22. The maximum Gasteiger partial charge on any atom is 0.328 e. The highest BCUT2D eigenvalue weighted by molar-refractivity contribution is 5.92. The van der Waals surface area contributed by atoms with Crippen LogP contribution in [0.5, 0.6) is 5.75 Å². The Kier molecular flexibility index (Phi) is 20.4. The Morgan fingerprint density at radius 3 is 2.11 bits per heavy atom. The van der Waals surface area contributed by atoms with E-state index in [4.69, 9.17) is 16.2 Å². The number of carbonyl (C=O) groups excluding carboxylic acids is 5. The number of nitrogens with two attached hydrogens (primary N) is 2. The molecule has 45 heavy (non-hydrogen) atoms. The van der Waals surface area contributed by atoms with Gasteiger partial charge in [-0.05, 0) is 55.7 Å². The number of benzene rings is 1. The van der Waals surface area contributed by atoms with Gasteiger partial charge in [-0.1, -0.05) is 84.8 Å². The van der Waals surface area contributed by atoms with Crippen LogP contribution in [0.2, 0.25) is 0 Å². The Labute approximate surface area is 270 Å². The third-order valence-electron chi connectivity index (χ3n) is 8.22. The lowest BCUT2D eigenvalue weighted by atomic mass is 9.84. The summed E-state index contributed by atoms with van der Waals surface area (Å²) in [4.78, 5) is 63.0. The standard InChI is InChI=1S/C35H58N4O6/c1-5-8-11-15-29(36)35(44)45-27-20-18-26(19-21-27)23-30(39-33(42)17-12-9-6-2)31(40)24-28(25(4)7-3)34(43)38-22-14-10-13-16-32(37)41/h18-21,25,28-30H,5-17,22-24,36H2,1-4H3,(H2,37,41)(H,38,43)(H,39,42). The molecule has 0 saturated heterocycles. The van der Waals surface area contributed by atoms with E-state index in [0.29, 0.717) is 44.4 Å². The van der Waals surface area contributed by atoms with Crippen LogP contribution in [-0.2, 0) is 30.4 Å². The number of ketones is 1. The van der Waals surface area contributed by atoms with Gasteiger partial charge in [-0.15, -0.1) is 0 Å². The number of hydrogen-bond donors (Lipinski definition) is 4. The molecule has 6 N–H and O–H groups in total. The van der Waals surface area contributed by atoms with Gasteiger partial charge in [-0.3, -0.25) is 19.2 Å². The van der Waals surface area contributed by atoms with Crippen molar-refractivity contribution in [3.8, 4) is 5.75 Å². The first-order chi connectivity index (χ1) is 21.5. The minimum Gasteiger partial charge on any atom is -0.425 e. The van der Waals surface area contributed by atoms with Crippen molar-refractivity contribution in [2.45, 2.75) is 136 Å². The van der Waals surface area contributed by atoms with Gasteiger partial charge in [-0.2, -0.15) is 0 Å². The third kappa shape index (κ3) is 17.1. The number of hydrogen-bond acceptors (Lipinski definition) is 7. The van der Waals surface area contributed by atoms with Gasteiger partial charge in [-0.25, -0.2) is 4.79 Å². The van der Waals surface area contributed by atoms with Crippen LogP contribution in [0.15, 0.2) is 24.3 Å². The molecule has 4 atom stereocenters. The molecule has 0 bridgehead atoms. The molecule has 1 rings (SSSR count). The number of nitrogens with one attached hydrogen (secondary N) is 2. The van der Waals surface area contributed by atoms with E-state index in [1.807, 2.05) is 13.8 Å². The topological polar surface area (TPSA) is 171 Å². The van der Waals surface area contributed by atoms with E-state index in [2.05, 4.69) is 24.5 Å². The highest BCUT2D eigenvalue weighted by atomic mass is 16.5. The SMILES string of the molecule is CCCCCC(=O)NC(Cc1ccc(OC(=O)C(N)CCCCC)cc1)C(=O)CC(C(=O)NCCCCCC(N)=O)C(C)CC. The molecule has 0 aliphatic rings. The van der Waals surface area contributed by atoms with Crippen molar-refractivity contribution in [3.63, 3.8) is 0 Å². The molecular weight excluding hydrogens is 572 g/mol. The monoisotopic (exact) mass is 630 g/mol. The zero-order chi connectivity index (χ0) is 33.6. The van der Waals surface area contributed by atoms with E-state index in [1.54, 1.807) is 24.3 Å². The maximum atomic E-state index is 13.7. The van der Waals surface area contributed by atoms with Crippen molar-refractivity contribution >= 4 is 29.5 Å². The molecule has 0 radical (unpaired) electrons. The first-order valence-electron chi connectivity index (χ1n) is 17.0. The molecule has 0 aliphatic heterocycles. The number of esters is 1. The number of Topliss-reactive ketones (excluding diaryl/α,β-unsaturated/α-hetero) is 1. The van der Waals surface area contributed by atoms with Gasteiger partial charge in [0, 0.05) is 31.7 Å². The lowest BCUT2D eigenvalue weighted by Gasteiger charge is -2.25. The fourth-order valence-corrected chi connectivity index (χ4v) is 5.04. The number of unbranched alkanes of at least 4 members (excludes halogenated alkanes) is 6. The first kappa shape index (κ1) is 39.8. The molecule has 10 nitrogen and oxygen atoms in total. The fraction of sp³-hybridized carbons (Fsp3) is 0.686. The fourth-order valence-electron chi connectivity index (χ4n) is 5.04. The number of primary amides is 1. The highest BCUT2D eigenvalue weighted by Gasteiger charge is 2.30. The average molecular weight is 631 g/mol. The minimum atomic E-state index is -0.798. The largest absolute Gasteiger partial charge is 0.425 e. The Hall–Kier alpha value is -3.27. The van der Waals surface area contributed by atoms with Gasteiger partial charge in [0.15, 0.2) is 5.78 Å². The van der Waals surface area contributed by atoms with Crippen molar-refractivity contribution in [2.75, 3.05) is 6.54 Å². The van der Waals surface area contributed by atoms with E-state index in [1.165, 1.54) is 0 Å². The molecule has 3 amide bonds. The Bertz CT molecular complexity index is 1050. The second kappa shape index (κ2) is 23.1. The van der Waals surface area contributed by atoms with Crippen LogP contribution < -0.4 is 26.8 Å². The number of ether oxygens (including phenoxy) is 1. The molecule has 1 aromatic rings. The van der Waals surface area contributed by atoms with Gasteiger partial charge < -0.3 is 26.8 Å². The molecule has 0 fully saturated rings. The molecule has 0 aliphatic carbocycles. The summed E-state index contributed by atoms with van der Waals surface area (Å²) in [6.07, 6.45) is 9.91. The summed E-state index contributed by atoms with van der Waals surface area (Å²) in [6, 6.07) is 5.38. The van der Waals surface area contributed by atoms with Crippen LogP contribution in [-0.4, -0.2) is 48.1 Å². The van der Waals surface area contributed by atoms with E-state index in [9.17, 15) is 24.0 Å². The molecule has 254 valence electrons. The van der Waals surface area contributed by atoms with Crippen molar-refractivity contribution in [2.24, 2.45) is 23.3 Å². The summed E-state index contributed by atoms with van der Waals surface area (Å²) in [5, 5.41) is 5.88. The first-order valence-corrected chi connectivity index (χ1v) is 17.0. The van der Waals surface area contributed by atoms with Crippen molar-refractivity contribution in [1.29, 1.82) is 0 Å². The van der Waals surface area contributed by atoms with Crippen molar-refractivity contribution < 1.29 is 28.7 Å². The number of amides is 3. The Morgan fingerprint density at radius 1 is 0.844 bits per heavy atom. The van der Waals surface area contributed by atoms with Crippen LogP contribution in [0, 0.1) is 11.8 Å². The second-order valence-corrected chi connectivity index (χ2v) is 12.2. The van der Waals surface area contributed by atoms with Crippen LogP contribution in [0.1, 0.15) is 123 Å². The van der Waals surface area contributed by atoms with Crippen LogP contribution in [0.25, 0.3) is 0 Å². The van der Waals surface area contributed by atoms with Gasteiger partial charge in [0.1, 0.15) is 11.8 Å². The molecular formula is C35H58N4O6. The Balaban J connectivity index is 2.94. The van der Waals surface area contributed by atoms with Crippen LogP contribution in [0.4, 0.5) is 0 Å². The second-order valence-electron chi connectivity index (χ2n) is 12.2. The smallest absolute Gasteiger partial charge is 0.328 e. The summed E-state index contributed by atoms with van der Waals surface area (Å²) < 4.78 is 5.45. The van der Waals surface area contributed by atoms with Crippen LogP contribution >= 0.6 is 0 Å². The summed E-state index contributed by atoms with van der Waals surface area (Å²) in [6.45, 7) is 8.54. The molecule has 0 saturated carbocycles. The van der Waals surface area contributed by atoms with Crippen molar-refractivity contribution in [3.05, 3.63) is 29.8 Å². The van der Waals surface area contributed by atoms with Crippen LogP contribution in [0.3, 0.4) is 0 Å². The number of carbonyl (C=O) groups is 5. The summed E-state index contributed by atoms with van der Waals surface area (Å²) >= 11 is 0. The lowest BCUT2D eigenvalue weighted by molar-refractivity contribution is -0.136. The van der Waals surface area contributed by atoms with Gasteiger partial charge in [0.2, 0.25) is 17.7 Å². The summed E-state index contributed by atoms with van der Waals surface area (Å²) in [7, 11) is 0. The van der Waals surface area contributed by atoms with E-state index in [-0.39, 0.29) is 42.3 Å². The number of rotatable bonds is 25. The minimum absolute atomic E-state index is 0.00797. The molecule has 1 aromatic carbocycles. The quantitative estimate of drug-likeness (QED) is 0.0677. The lowest BCUT2D eigenvalue weighted by Crippen LogP contribution is -2.45. The maximum absolute atomic E-state index is 13.7. The Morgan fingerprint density at radius 2 is 1.49 bits per heavy atom. The van der Waals surface area contributed by atoms with E-state index >= 15 is 0 Å². The van der Waals surface area contributed by atoms with Crippen molar-refractivity contribution in [1.82, 2.24) is 10.6 Å². The molecule has 0 heterocycles. The average Bonchev–Trinajstić information content (AvgIpc) is 3.01. The summed E-state index contributed by atoms with van der Waals surface area (Å²) in [5.41, 5.74) is 11.9. The van der Waals surface area contributed by atoms with E-state index < -0.39 is 24.0 Å².